The number of hydrogen-bond donors (Lipinski definition) is 0. The Hall–Kier alpha value is -2.55. The van der Waals surface area contributed by atoms with Crippen molar-refractivity contribution < 1.29 is 9.53 Å². The van der Waals surface area contributed by atoms with E-state index in [4.69, 9.17) is 4.74 Å². The highest BCUT2D eigenvalue weighted by atomic mass is 79.9. The number of thiazole rings is 1. The molecule has 30 heavy (non-hydrogen) atoms. The van der Waals surface area contributed by atoms with Crippen molar-refractivity contribution in [2.45, 2.75) is 0 Å². The van der Waals surface area contributed by atoms with Crippen molar-refractivity contribution >= 4 is 70.7 Å². The van der Waals surface area contributed by atoms with E-state index in [1.165, 1.54) is 16.3 Å². The standard InChI is InChI=1S/C22H15Br2N3O2S/c1-29-18-9-2-14(3-10-18)13-25-27(21(28)15-4-6-16(23)7-5-15)22-26-19-11-8-17(24)12-20(19)30-22/h2-13H,1H3/b25-13+. The van der Waals surface area contributed by atoms with Gasteiger partial charge in [-0.05, 0) is 72.3 Å². The Morgan fingerprint density at radius 2 is 1.73 bits per heavy atom. The number of hydrazone groups is 1. The summed E-state index contributed by atoms with van der Waals surface area (Å²) >= 11 is 8.29. The molecule has 5 nitrogen and oxygen atoms in total. The summed E-state index contributed by atoms with van der Waals surface area (Å²) in [5.41, 5.74) is 2.17. The molecular formula is C22H15Br2N3O2S. The molecule has 0 radical (unpaired) electrons. The topological polar surface area (TPSA) is 54.8 Å². The van der Waals surface area contributed by atoms with Gasteiger partial charge < -0.3 is 4.74 Å². The highest BCUT2D eigenvalue weighted by molar-refractivity contribution is 9.10. The number of aromatic nitrogens is 1. The van der Waals surface area contributed by atoms with Crippen molar-refractivity contribution in [2.24, 2.45) is 5.10 Å². The van der Waals surface area contributed by atoms with Crippen LogP contribution in [-0.2, 0) is 0 Å². The third-order valence-corrected chi connectivity index (χ3v) is 6.26. The average molecular weight is 545 g/mol. The molecule has 0 aliphatic carbocycles. The van der Waals surface area contributed by atoms with E-state index in [9.17, 15) is 4.79 Å². The molecule has 1 amide bonds. The second-order valence-electron chi connectivity index (χ2n) is 6.25. The molecule has 0 N–H and O–H groups in total. The van der Waals surface area contributed by atoms with Gasteiger partial charge in [-0.15, -0.1) is 0 Å². The third kappa shape index (κ3) is 4.61. The summed E-state index contributed by atoms with van der Waals surface area (Å²) in [6.45, 7) is 0. The fourth-order valence-electron chi connectivity index (χ4n) is 2.69. The predicted octanol–water partition coefficient (Wildman–Crippen LogP) is 6.51. The molecule has 8 heteroatoms. The maximum absolute atomic E-state index is 13.3. The number of benzene rings is 3. The fraction of sp³-hybridized carbons (Fsp3) is 0.0455. The average Bonchev–Trinajstić information content (AvgIpc) is 3.17. The van der Waals surface area contributed by atoms with Crippen LogP contribution in [0.4, 0.5) is 5.13 Å². The Bertz CT molecular complexity index is 1220. The van der Waals surface area contributed by atoms with E-state index < -0.39 is 0 Å². The lowest BCUT2D eigenvalue weighted by Crippen LogP contribution is -2.25. The number of hydrogen-bond acceptors (Lipinski definition) is 5. The van der Waals surface area contributed by atoms with Gasteiger partial charge in [0.1, 0.15) is 5.75 Å². The number of nitrogens with zero attached hydrogens (tertiary/aromatic N) is 3. The number of anilines is 1. The summed E-state index contributed by atoms with van der Waals surface area (Å²) in [5, 5.41) is 6.32. The van der Waals surface area contributed by atoms with Crippen LogP contribution in [0.2, 0.25) is 0 Å². The zero-order valence-corrected chi connectivity index (χ0v) is 19.7. The molecule has 1 aromatic heterocycles. The first-order chi connectivity index (χ1) is 14.5. The number of amides is 1. The van der Waals surface area contributed by atoms with Crippen LogP contribution < -0.4 is 9.75 Å². The summed E-state index contributed by atoms with van der Waals surface area (Å²) < 4.78 is 8.01. The first-order valence-electron chi connectivity index (χ1n) is 8.87. The Morgan fingerprint density at radius 1 is 1.03 bits per heavy atom. The van der Waals surface area contributed by atoms with Crippen LogP contribution in [0, 0.1) is 0 Å². The lowest BCUT2D eigenvalue weighted by Gasteiger charge is -2.14. The van der Waals surface area contributed by atoms with Gasteiger partial charge in [-0.25, -0.2) is 4.98 Å². The second kappa shape index (κ2) is 9.07. The number of halogens is 2. The summed E-state index contributed by atoms with van der Waals surface area (Å²) in [5.74, 6) is 0.497. The maximum atomic E-state index is 13.3. The minimum atomic E-state index is -0.259. The minimum absolute atomic E-state index is 0.259. The molecule has 0 bridgehead atoms. The van der Waals surface area contributed by atoms with Gasteiger partial charge in [0.05, 0.1) is 23.5 Å². The van der Waals surface area contributed by atoms with E-state index in [-0.39, 0.29) is 5.91 Å². The van der Waals surface area contributed by atoms with Gasteiger partial charge in [-0.1, -0.05) is 43.2 Å². The van der Waals surface area contributed by atoms with Gasteiger partial charge in [-0.2, -0.15) is 10.1 Å². The molecule has 1 heterocycles. The van der Waals surface area contributed by atoms with Gasteiger partial charge >= 0.3 is 0 Å². The number of rotatable bonds is 5. The molecule has 4 aromatic rings. The molecule has 0 saturated carbocycles. The van der Waals surface area contributed by atoms with Gasteiger partial charge in [-0.3, -0.25) is 4.79 Å². The van der Waals surface area contributed by atoms with Crippen LogP contribution in [0.25, 0.3) is 10.2 Å². The minimum Gasteiger partial charge on any atom is -0.497 e. The molecule has 3 aromatic carbocycles. The number of ether oxygens (including phenoxy) is 1. The van der Waals surface area contributed by atoms with Gasteiger partial charge in [0.2, 0.25) is 5.13 Å². The van der Waals surface area contributed by atoms with Gasteiger partial charge in [0, 0.05) is 14.5 Å². The molecule has 0 aliphatic rings. The van der Waals surface area contributed by atoms with Crippen molar-refractivity contribution in [2.75, 3.05) is 12.1 Å². The first kappa shape index (κ1) is 20.7. The molecule has 150 valence electrons. The van der Waals surface area contributed by atoms with E-state index in [2.05, 4.69) is 41.9 Å². The largest absolute Gasteiger partial charge is 0.497 e. The Labute approximate surface area is 194 Å². The quantitative estimate of drug-likeness (QED) is 0.212. The van der Waals surface area contributed by atoms with Gasteiger partial charge in [0.25, 0.3) is 5.91 Å². The number of carbonyl (C=O) groups is 1. The summed E-state index contributed by atoms with van der Waals surface area (Å²) in [4.78, 5) is 17.9. The van der Waals surface area contributed by atoms with Crippen molar-refractivity contribution in [1.82, 2.24) is 4.98 Å². The first-order valence-corrected chi connectivity index (χ1v) is 11.3. The van der Waals surface area contributed by atoms with E-state index >= 15 is 0 Å². The predicted molar refractivity (Wildman–Crippen MR) is 129 cm³/mol. The van der Waals surface area contributed by atoms with E-state index in [1.807, 2.05) is 54.6 Å². The van der Waals surface area contributed by atoms with Crippen molar-refractivity contribution in [3.8, 4) is 5.75 Å². The Kier molecular flexibility index (Phi) is 6.26. The normalized spacial score (nSPS) is 11.2. The molecule has 0 unspecified atom stereocenters. The van der Waals surface area contributed by atoms with Crippen LogP contribution in [-0.4, -0.2) is 24.2 Å². The number of carbonyl (C=O) groups excluding carboxylic acids is 1. The molecular weight excluding hydrogens is 530 g/mol. The van der Waals surface area contributed by atoms with Crippen molar-refractivity contribution in [3.63, 3.8) is 0 Å². The van der Waals surface area contributed by atoms with Crippen molar-refractivity contribution in [1.29, 1.82) is 0 Å². The zero-order chi connectivity index (χ0) is 21.1. The van der Waals surface area contributed by atoms with Crippen molar-refractivity contribution in [3.05, 3.63) is 86.8 Å². The highest BCUT2D eigenvalue weighted by Crippen LogP contribution is 2.32. The fourth-order valence-corrected chi connectivity index (χ4v) is 4.43. The molecule has 0 aliphatic heterocycles. The second-order valence-corrected chi connectivity index (χ2v) is 9.09. The van der Waals surface area contributed by atoms with E-state index in [0.717, 1.165) is 30.5 Å². The summed E-state index contributed by atoms with van der Waals surface area (Å²) in [7, 11) is 1.62. The molecule has 0 atom stereocenters. The lowest BCUT2D eigenvalue weighted by atomic mass is 10.2. The summed E-state index contributed by atoms with van der Waals surface area (Å²) in [6.07, 6.45) is 1.64. The summed E-state index contributed by atoms with van der Waals surface area (Å²) in [6, 6.07) is 20.4. The highest BCUT2D eigenvalue weighted by Gasteiger charge is 2.21. The van der Waals surface area contributed by atoms with Crippen LogP contribution in [0.3, 0.4) is 0 Å². The van der Waals surface area contributed by atoms with Gasteiger partial charge in [0.15, 0.2) is 0 Å². The number of fused-ring (bicyclic) bond motifs is 1. The molecule has 0 saturated heterocycles. The monoisotopic (exact) mass is 543 g/mol. The Balaban J connectivity index is 1.73. The lowest BCUT2D eigenvalue weighted by molar-refractivity contribution is 0.0988. The smallest absolute Gasteiger partial charge is 0.280 e. The zero-order valence-electron chi connectivity index (χ0n) is 15.8. The maximum Gasteiger partial charge on any atom is 0.280 e. The molecule has 0 spiro atoms. The SMILES string of the molecule is COc1ccc(/C=N/N(C(=O)c2ccc(Br)cc2)c2nc3ccc(Br)cc3s2)cc1. The van der Waals surface area contributed by atoms with E-state index in [1.54, 1.807) is 25.5 Å². The van der Waals surface area contributed by atoms with E-state index in [0.29, 0.717) is 10.7 Å². The molecule has 0 fully saturated rings. The van der Waals surface area contributed by atoms with Crippen LogP contribution >= 0.6 is 43.2 Å². The van der Waals surface area contributed by atoms with Crippen LogP contribution in [0.1, 0.15) is 15.9 Å². The number of methoxy groups -OCH3 is 1. The molecule has 4 rings (SSSR count). The van der Waals surface area contributed by atoms with Crippen LogP contribution in [0.5, 0.6) is 5.75 Å². The Morgan fingerprint density at radius 3 is 2.43 bits per heavy atom. The third-order valence-electron chi connectivity index (χ3n) is 4.24. The van der Waals surface area contributed by atoms with Crippen LogP contribution in [0.15, 0.2) is 80.8 Å².